The van der Waals surface area contributed by atoms with Crippen molar-refractivity contribution in [3.8, 4) is 6.07 Å². The lowest BCUT2D eigenvalue weighted by Crippen LogP contribution is -2.49. The molecule has 4 rings (SSSR count). The van der Waals surface area contributed by atoms with Gasteiger partial charge in [0, 0.05) is 57.7 Å². The molecule has 3 heterocycles. The largest absolute Gasteiger partial charge is 0.371 e. The highest BCUT2D eigenvalue weighted by molar-refractivity contribution is 5.50. The third-order valence-electron chi connectivity index (χ3n) is 5.74. The number of pyridine rings is 1. The van der Waals surface area contributed by atoms with Crippen molar-refractivity contribution in [2.75, 3.05) is 55.6 Å². The number of aromatic nitrogens is 1. The Bertz CT molecular complexity index is 760. The molecule has 140 valence electrons. The highest BCUT2D eigenvalue weighted by Gasteiger charge is 2.25. The van der Waals surface area contributed by atoms with Gasteiger partial charge < -0.3 is 9.80 Å². The number of piperazine rings is 1. The Balaban J connectivity index is 1.29. The Hall–Kier alpha value is -2.58. The lowest BCUT2D eigenvalue weighted by Gasteiger charge is -2.40. The van der Waals surface area contributed by atoms with Gasteiger partial charge in [0.25, 0.3) is 0 Å². The summed E-state index contributed by atoms with van der Waals surface area (Å²) in [5, 5.41) is 8.98. The van der Waals surface area contributed by atoms with E-state index in [0.29, 0.717) is 0 Å². The van der Waals surface area contributed by atoms with Crippen LogP contribution in [-0.4, -0.2) is 55.7 Å². The van der Waals surface area contributed by atoms with Crippen LogP contribution in [0.15, 0.2) is 48.7 Å². The van der Waals surface area contributed by atoms with Crippen molar-refractivity contribution in [3.05, 3.63) is 54.2 Å². The third kappa shape index (κ3) is 4.40. The zero-order chi connectivity index (χ0) is 18.5. The Morgan fingerprint density at radius 1 is 0.963 bits per heavy atom. The minimum absolute atomic E-state index is 0.718. The number of anilines is 2. The average molecular weight is 361 g/mol. The summed E-state index contributed by atoms with van der Waals surface area (Å²) >= 11 is 0. The quantitative estimate of drug-likeness (QED) is 0.838. The van der Waals surface area contributed by atoms with Crippen molar-refractivity contribution >= 4 is 11.5 Å². The van der Waals surface area contributed by atoms with E-state index in [-0.39, 0.29) is 0 Å². The average Bonchev–Trinajstić information content (AvgIpc) is 2.75. The standard InChI is InChI=1S/C22H27N5/c23-16-19-6-8-21(9-7-19)27-11-3-4-20(18-27)17-25-12-14-26(15-13-25)22-5-1-2-10-24-22/h1-2,5-10,20H,3-4,11-15,17-18H2. The van der Waals surface area contributed by atoms with Gasteiger partial charge >= 0.3 is 0 Å². The SMILES string of the molecule is N#Cc1ccc(N2CCCC(CN3CCN(c4ccccn4)CC3)C2)cc1. The van der Waals surface area contributed by atoms with Gasteiger partial charge in [-0.25, -0.2) is 4.98 Å². The maximum atomic E-state index is 8.98. The summed E-state index contributed by atoms with van der Waals surface area (Å²) in [4.78, 5) is 12.0. The normalized spacial score (nSPS) is 21.1. The van der Waals surface area contributed by atoms with Crippen molar-refractivity contribution in [2.45, 2.75) is 12.8 Å². The zero-order valence-corrected chi connectivity index (χ0v) is 15.8. The molecule has 1 aromatic heterocycles. The van der Waals surface area contributed by atoms with E-state index >= 15 is 0 Å². The number of nitrogens with zero attached hydrogens (tertiary/aromatic N) is 5. The van der Waals surface area contributed by atoms with Crippen molar-refractivity contribution in [2.24, 2.45) is 5.92 Å². The number of rotatable bonds is 4. The number of nitriles is 1. The smallest absolute Gasteiger partial charge is 0.128 e. The molecule has 27 heavy (non-hydrogen) atoms. The lowest BCUT2D eigenvalue weighted by molar-refractivity contribution is 0.205. The summed E-state index contributed by atoms with van der Waals surface area (Å²) < 4.78 is 0. The Morgan fingerprint density at radius 3 is 2.48 bits per heavy atom. The highest BCUT2D eigenvalue weighted by atomic mass is 15.3. The summed E-state index contributed by atoms with van der Waals surface area (Å²) in [5.41, 5.74) is 1.98. The molecule has 0 spiro atoms. The fourth-order valence-electron chi connectivity index (χ4n) is 4.26. The number of benzene rings is 1. The molecule has 0 bridgehead atoms. The van der Waals surface area contributed by atoms with E-state index < -0.39 is 0 Å². The summed E-state index contributed by atoms with van der Waals surface area (Å²) in [5.74, 6) is 1.82. The minimum Gasteiger partial charge on any atom is -0.371 e. The van der Waals surface area contributed by atoms with Crippen LogP contribution in [0.5, 0.6) is 0 Å². The maximum absolute atomic E-state index is 8.98. The van der Waals surface area contributed by atoms with Crippen LogP contribution in [0.25, 0.3) is 0 Å². The van der Waals surface area contributed by atoms with E-state index in [2.05, 4.69) is 50.0 Å². The minimum atomic E-state index is 0.718. The van der Waals surface area contributed by atoms with Gasteiger partial charge in [-0.3, -0.25) is 4.90 Å². The molecule has 5 nitrogen and oxygen atoms in total. The second-order valence-corrected chi connectivity index (χ2v) is 7.59. The summed E-state index contributed by atoms with van der Waals surface area (Å²) in [6, 6.07) is 16.4. The van der Waals surface area contributed by atoms with Gasteiger partial charge in [-0.1, -0.05) is 6.07 Å². The number of piperidine rings is 1. The summed E-state index contributed by atoms with van der Waals surface area (Å²) in [7, 11) is 0. The van der Waals surface area contributed by atoms with Gasteiger partial charge in [0.2, 0.25) is 0 Å². The van der Waals surface area contributed by atoms with Crippen molar-refractivity contribution in [1.29, 1.82) is 5.26 Å². The first-order chi connectivity index (χ1) is 13.3. The predicted molar refractivity (Wildman–Crippen MR) is 109 cm³/mol. The monoisotopic (exact) mass is 361 g/mol. The van der Waals surface area contributed by atoms with E-state index in [1.165, 1.54) is 25.1 Å². The van der Waals surface area contributed by atoms with E-state index in [1.807, 2.05) is 24.4 Å². The second-order valence-electron chi connectivity index (χ2n) is 7.59. The van der Waals surface area contributed by atoms with E-state index in [9.17, 15) is 0 Å². The molecule has 2 saturated heterocycles. The molecule has 0 saturated carbocycles. The number of hydrogen-bond donors (Lipinski definition) is 0. The molecule has 0 radical (unpaired) electrons. The van der Waals surface area contributed by atoms with Crippen LogP contribution < -0.4 is 9.80 Å². The fraction of sp³-hybridized carbons (Fsp3) is 0.455. The number of hydrogen-bond acceptors (Lipinski definition) is 5. The van der Waals surface area contributed by atoms with E-state index in [1.54, 1.807) is 0 Å². The first-order valence-corrected chi connectivity index (χ1v) is 9.95. The van der Waals surface area contributed by atoms with Crippen LogP contribution in [0, 0.1) is 17.2 Å². The Morgan fingerprint density at radius 2 is 1.78 bits per heavy atom. The fourth-order valence-corrected chi connectivity index (χ4v) is 4.26. The van der Waals surface area contributed by atoms with Crippen LogP contribution in [0.4, 0.5) is 11.5 Å². The topological polar surface area (TPSA) is 46.4 Å². The van der Waals surface area contributed by atoms with Gasteiger partial charge in [0.15, 0.2) is 0 Å². The zero-order valence-electron chi connectivity index (χ0n) is 15.8. The second kappa shape index (κ2) is 8.41. The summed E-state index contributed by atoms with van der Waals surface area (Å²) in [6.45, 7) is 7.77. The van der Waals surface area contributed by atoms with Crippen LogP contribution >= 0.6 is 0 Å². The molecule has 5 heteroatoms. The van der Waals surface area contributed by atoms with Crippen LogP contribution in [0.1, 0.15) is 18.4 Å². The molecular formula is C22H27N5. The van der Waals surface area contributed by atoms with Crippen molar-refractivity contribution in [3.63, 3.8) is 0 Å². The molecule has 0 aliphatic carbocycles. The summed E-state index contributed by atoms with van der Waals surface area (Å²) in [6.07, 6.45) is 4.44. The van der Waals surface area contributed by atoms with Gasteiger partial charge in [0.1, 0.15) is 5.82 Å². The van der Waals surface area contributed by atoms with Crippen LogP contribution in [0.3, 0.4) is 0 Å². The molecule has 0 amide bonds. The van der Waals surface area contributed by atoms with Gasteiger partial charge in [-0.05, 0) is 55.2 Å². The molecule has 2 aliphatic heterocycles. The lowest BCUT2D eigenvalue weighted by atomic mass is 9.96. The molecule has 2 aromatic rings. The van der Waals surface area contributed by atoms with Crippen molar-refractivity contribution < 1.29 is 0 Å². The first kappa shape index (κ1) is 17.8. The molecule has 1 unspecified atom stereocenters. The Labute approximate surface area is 161 Å². The van der Waals surface area contributed by atoms with E-state index in [0.717, 1.165) is 56.6 Å². The molecule has 1 atom stereocenters. The molecule has 1 aromatic carbocycles. The van der Waals surface area contributed by atoms with E-state index in [4.69, 9.17) is 5.26 Å². The Kier molecular flexibility index (Phi) is 5.55. The van der Waals surface area contributed by atoms with Crippen LogP contribution in [-0.2, 0) is 0 Å². The predicted octanol–water partition coefficient (Wildman–Crippen LogP) is 2.99. The molecule has 0 N–H and O–H groups in total. The maximum Gasteiger partial charge on any atom is 0.128 e. The van der Waals surface area contributed by atoms with Crippen LogP contribution in [0.2, 0.25) is 0 Å². The molecule has 2 aliphatic rings. The van der Waals surface area contributed by atoms with Gasteiger partial charge in [0.05, 0.1) is 11.6 Å². The van der Waals surface area contributed by atoms with Crippen molar-refractivity contribution in [1.82, 2.24) is 9.88 Å². The third-order valence-corrected chi connectivity index (χ3v) is 5.74. The first-order valence-electron chi connectivity index (χ1n) is 9.95. The van der Waals surface area contributed by atoms with Gasteiger partial charge in [-0.15, -0.1) is 0 Å². The van der Waals surface area contributed by atoms with Gasteiger partial charge in [-0.2, -0.15) is 5.26 Å². The molecule has 2 fully saturated rings. The molecular weight excluding hydrogens is 334 g/mol. The highest BCUT2D eigenvalue weighted by Crippen LogP contribution is 2.24.